The Morgan fingerprint density at radius 1 is 0.210 bits per heavy atom. The average molecular weight is 1030 g/mol. The van der Waals surface area contributed by atoms with Gasteiger partial charge in [0.2, 0.25) is 0 Å². The molecule has 0 saturated heterocycles. The highest BCUT2D eigenvalue weighted by Crippen LogP contribution is 2.43. The summed E-state index contributed by atoms with van der Waals surface area (Å²) >= 11 is 0. The number of benzene rings is 13. The van der Waals surface area contributed by atoms with Crippen LogP contribution >= 0.6 is 0 Å². The fourth-order valence-corrected chi connectivity index (χ4v) is 12.2. The highest BCUT2D eigenvalue weighted by Gasteiger charge is 2.23. The van der Waals surface area contributed by atoms with E-state index in [-0.39, 0.29) is 0 Å². The number of hydrogen-bond donors (Lipinski definition) is 0. The standard InChI is InChI=1S/C77H48N4/c1-2-24-66(25-3-1)81-76-70-29-15-13-27-68(70)67-26-12-14-28-69(67)75(76)80-77(81)65-43-63(73-47-61(57-34-30-49-16-4-8-20-53(49)38-57)45-71(78-73)59-36-32-51-18-6-10-22-55(51)40-59)42-64(44-65)74-48-62(58-35-31-50-17-5-9-21-54(50)39-58)46-72(79-74)60-37-33-52-19-7-11-23-56(52)41-60/h1-48H. The Morgan fingerprint density at radius 2 is 0.556 bits per heavy atom. The number of pyridine rings is 2. The zero-order valence-corrected chi connectivity index (χ0v) is 44.0. The smallest absolute Gasteiger partial charge is 0.145 e. The summed E-state index contributed by atoms with van der Waals surface area (Å²) < 4.78 is 2.37. The highest BCUT2D eigenvalue weighted by atomic mass is 15.1. The van der Waals surface area contributed by atoms with E-state index in [1.54, 1.807) is 0 Å². The van der Waals surface area contributed by atoms with Gasteiger partial charge in [0, 0.05) is 44.3 Å². The minimum absolute atomic E-state index is 0.821. The molecular weight excluding hydrogens is 981 g/mol. The first-order chi connectivity index (χ1) is 40.1. The van der Waals surface area contributed by atoms with Crippen molar-refractivity contribution in [2.75, 3.05) is 0 Å². The van der Waals surface area contributed by atoms with Crippen LogP contribution in [0.2, 0.25) is 0 Å². The molecule has 0 aliphatic heterocycles. The number of para-hydroxylation sites is 1. The topological polar surface area (TPSA) is 43.6 Å². The van der Waals surface area contributed by atoms with Crippen molar-refractivity contribution in [1.82, 2.24) is 19.5 Å². The van der Waals surface area contributed by atoms with Crippen molar-refractivity contribution in [3.05, 3.63) is 291 Å². The van der Waals surface area contributed by atoms with E-state index in [0.717, 1.165) is 117 Å². The Morgan fingerprint density at radius 3 is 1.02 bits per heavy atom. The lowest BCUT2D eigenvalue weighted by Crippen LogP contribution is -1.99. The van der Waals surface area contributed by atoms with Crippen molar-refractivity contribution in [2.45, 2.75) is 0 Å². The van der Waals surface area contributed by atoms with Crippen LogP contribution in [0.1, 0.15) is 0 Å². The maximum absolute atomic E-state index is 5.81. The summed E-state index contributed by atoms with van der Waals surface area (Å²) in [5.74, 6) is 0.821. The van der Waals surface area contributed by atoms with Crippen molar-refractivity contribution in [1.29, 1.82) is 0 Å². The molecule has 0 radical (unpaired) electrons. The molecule has 4 nitrogen and oxygen atoms in total. The summed E-state index contributed by atoms with van der Waals surface area (Å²) in [6.07, 6.45) is 0. The average Bonchev–Trinajstić information content (AvgIpc) is 4.21. The Bertz CT molecular complexity index is 4770. The van der Waals surface area contributed by atoms with Gasteiger partial charge in [-0.05, 0) is 155 Å². The Hall–Kier alpha value is -10.8. The second-order valence-electron chi connectivity index (χ2n) is 21.2. The second kappa shape index (κ2) is 19.0. The van der Waals surface area contributed by atoms with E-state index >= 15 is 0 Å². The Labute approximate surface area is 468 Å². The van der Waals surface area contributed by atoms with E-state index in [1.807, 2.05) is 0 Å². The molecule has 0 N–H and O–H groups in total. The molecule has 0 aliphatic carbocycles. The van der Waals surface area contributed by atoms with Crippen LogP contribution in [-0.2, 0) is 0 Å². The molecule has 3 heterocycles. The molecule has 3 aromatic heterocycles. The number of fused-ring (bicyclic) bond motifs is 10. The molecule has 0 aliphatic rings. The summed E-state index contributed by atoms with van der Waals surface area (Å²) in [6.45, 7) is 0. The molecule has 0 bridgehead atoms. The van der Waals surface area contributed by atoms with Crippen LogP contribution in [-0.4, -0.2) is 19.5 Å². The van der Waals surface area contributed by atoms with Gasteiger partial charge in [-0.15, -0.1) is 0 Å². The molecule has 0 fully saturated rings. The number of nitrogens with zero attached hydrogens (tertiary/aromatic N) is 4. The summed E-state index contributed by atoms with van der Waals surface area (Å²) in [5.41, 5.74) is 15.8. The third kappa shape index (κ3) is 8.20. The van der Waals surface area contributed by atoms with Crippen LogP contribution in [0.3, 0.4) is 0 Å². The van der Waals surface area contributed by atoms with Gasteiger partial charge < -0.3 is 0 Å². The van der Waals surface area contributed by atoms with E-state index in [9.17, 15) is 0 Å². The molecule has 0 spiro atoms. The summed E-state index contributed by atoms with van der Waals surface area (Å²) in [4.78, 5) is 17.2. The van der Waals surface area contributed by atoms with Crippen molar-refractivity contribution in [2.24, 2.45) is 0 Å². The number of aromatic nitrogens is 4. The SMILES string of the molecule is c1ccc(-n2c(-c3cc(-c4cc(-c5ccc6ccccc6c5)cc(-c5ccc6ccccc6c5)n4)cc(-c4cc(-c5ccc6ccccc6c5)cc(-c5ccc6ccccc6c5)n4)c3)nc3c4ccccc4c4ccccc4c32)cc1. The van der Waals surface area contributed by atoms with E-state index in [1.165, 1.54) is 43.1 Å². The molecule has 0 atom stereocenters. The summed E-state index contributed by atoms with van der Waals surface area (Å²) in [7, 11) is 0. The third-order valence-electron chi connectivity index (χ3n) is 16.2. The monoisotopic (exact) mass is 1030 g/mol. The van der Waals surface area contributed by atoms with Gasteiger partial charge in [-0.3, -0.25) is 4.57 Å². The van der Waals surface area contributed by atoms with Gasteiger partial charge >= 0.3 is 0 Å². The lowest BCUT2D eigenvalue weighted by Gasteiger charge is -2.16. The molecule has 16 aromatic rings. The summed E-state index contributed by atoms with van der Waals surface area (Å²) in [6, 6.07) is 105. The lowest BCUT2D eigenvalue weighted by atomic mass is 9.94. The first-order valence-corrected chi connectivity index (χ1v) is 27.6. The minimum atomic E-state index is 0.821. The predicted molar refractivity (Wildman–Crippen MR) is 340 cm³/mol. The Balaban J connectivity index is 1.000. The van der Waals surface area contributed by atoms with Gasteiger partial charge in [0.1, 0.15) is 5.82 Å². The molecule has 376 valence electrons. The van der Waals surface area contributed by atoms with Crippen LogP contribution in [0, 0.1) is 0 Å². The highest BCUT2D eigenvalue weighted by molar-refractivity contribution is 6.24. The molecule has 13 aromatic carbocycles. The van der Waals surface area contributed by atoms with Crippen molar-refractivity contribution < 1.29 is 0 Å². The molecule has 16 rings (SSSR count). The number of rotatable bonds is 8. The number of hydrogen-bond acceptors (Lipinski definition) is 3. The fraction of sp³-hybridized carbons (Fsp3) is 0. The molecule has 0 unspecified atom stereocenters. The molecule has 0 amide bonds. The van der Waals surface area contributed by atoms with Gasteiger partial charge in [0.05, 0.1) is 33.8 Å². The third-order valence-corrected chi connectivity index (χ3v) is 16.2. The molecule has 81 heavy (non-hydrogen) atoms. The largest absolute Gasteiger partial charge is 0.292 e. The van der Waals surface area contributed by atoms with E-state index < -0.39 is 0 Å². The van der Waals surface area contributed by atoms with Gasteiger partial charge in [0.15, 0.2) is 0 Å². The van der Waals surface area contributed by atoms with Crippen LogP contribution in [0.4, 0.5) is 0 Å². The van der Waals surface area contributed by atoms with Gasteiger partial charge in [-0.1, -0.05) is 212 Å². The molecule has 0 saturated carbocycles. The molecule has 4 heteroatoms. The van der Waals surface area contributed by atoms with Crippen molar-refractivity contribution in [3.8, 4) is 84.4 Å². The van der Waals surface area contributed by atoms with Crippen LogP contribution in [0.15, 0.2) is 291 Å². The van der Waals surface area contributed by atoms with Crippen molar-refractivity contribution >= 4 is 75.7 Å². The lowest BCUT2D eigenvalue weighted by molar-refractivity contribution is 1.11. The van der Waals surface area contributed by atoms with E-state index in [2.05, 4.69) is 296 Å². The maximum atomic E-state index is 5.81. The Kier molecular flexibility index (Phi) is 10.8. The van der Waals surface area contributed by atoms with Gasteiger partial charge in [-0.25, -0.2) is 15.0 Å². The van der Waals surface area contributed by atoms with E-state index in [4.69, 9.17) is 15.0 Å². The van der Waals surface area contributed by atoms with E-state index in [0.29, 0.717) is 0 Å². The number of imidazole rings is 1. The summed E-state index contributed by atoms with van der Waals surface area (Å²) in [5, 5.41) is 14.1. The van der Waals surface area contributed by atoms with Gasteiger partial charge in [0.25, 0.3) is 0 Å². The predicted octanol–water partition coefficient (Wildman–Crippen LogP) is 20.4. The fourth-order valence-electron chi connectivity index (χ4n) is 12.2. The zero-order chi connectivity index (χ0) is 53.4. The normalized spacial score (nSPS) is 11.7. The minimum Gasteiger partial charge on any atom is -0.292 e. The van der Waals surface area contributed by atoms with Crippen molar-refractivity contribution in [3.63, 3.8) is 0 Å². The quantitative estimate of drug-likeness (QED) is 0.142. The van der Waals surface area contributed by atoms with Crippen LogP contribution in [0.25, 0.3) is 160 Å². The zero-order valence-electron chi connectivity index (χ0n) is 44.0. The molecular formula is C77H48N4. The van der Waals surface area contributed by atoms with Crippen LogP contribution < -0.4 is 0 Å². The van der Waals surface area contributed by atoms with Crippen LogP contribution in [0.5, 0.6) is 0 Å². The first kappa shape index (κ1) is 46.3. The maximum Gasteiger partial charge on any atom is 0.145 e. The second-order valence-corrected chi connectivity index (χ2v) is 21.2. The van der Waals surface area contributed by atoms with Gasteiger partial charge in [-0.2, -0.15) is 0 Å². The first-order valence-electron chi connectivity index (χ1n) is 27.6.